The normalized spacial score (nSPS) is 16.1. The Morgan fingerprint density at radius 3 is 2.76 bits per heavy atom. The minimum absolute atomic E-state index is 0.110. The van der Waals surface area contributed by atoms with Crippen molar-refractivity contribution in [3.05, 3.63) is 53.7 Å². The van der Waals surface area contributed by atoms with E-state index >= 15 is 0 Å². The molecule has 5 heterocycles. The summed E-state index contributed by atoms with van der Waals surface area (Å²) < 4.78 is 7.17. The molecule has 0 spiro atoms. The SMILES string of the molecule is CCN(CC)[C@@H](C)CNC(=O)c1cc(-c2cnn3ccc(-c4cccs4)nc23)nc(N2CC[C@H]2COC)c1. The van der Waals surface area contributed by atoms with Crippen LogP contribution in [-0.4, -0.2) is 82.4 Å². The van der Waals surface area contributed by atoms with E-state index in [9.17, 15) is 4.79 Å². The molecule has 4 aromatic heterocycles. The number of hydrogen-bond donors (Lipinski definition) is 1. The van der Waals surface area contributed by atoms with Gasteiger partial charge < -0.3 is 15.0 Å². The van der Waals surface area contributed by atoms with E-state index in [4.69, 9.17) is 14.7 Å². The van der Waals surface area contributed by atoms with Gasteiger partial charge in [-0.2, -0.15) is 5.10 Å². The minimum Gasteiger partial charge on any atom is -0.383 e. The Balaban J connectivity index is 1.51. The number of amides is 1. The standard InChI is InChI=1S/C28H35N7O2S/c1-5-33(6-2)19(3)16-29-28(36)20-14-24(31-26(15-20)34-11-9-21(34)18-37-4)22-17-30-35-12-10-23(32-27(22)35)25-8-7-13-38-25/h7-8,10,12-15,17,19,21H,5-6,9,11,16,18H2,1-4H3,(H,29,36)/t19-,21-/m0/s1. The zero-order valence-corrected chi connectivity index (χ0v) is 23.2. The Morgan fingerprint density at radius 1 is 1.24 bits per heavy atom. The smallest absolute Gasteiger partial charge is 0.251 e. The van der Waals surface area contributed by atoms with Gasteiger partial charge in [0.05, 0.1) is 40.7 Å². The number of rotatable bonds is 11. The van der Waals surface area contributed by atoms with Gasteiger partial charge in [0.25, 0.3) is 5.91 Å². The third-order valence-corrected chi connectivity index (χ3v) is 8.18. The molecule has 200 valence electrons. The molecule has 2 atom stereocenters. The van der Waals surface area contributed by atoms with Gasteiger partial charge in [0.15, 0.2) is 5.65 Å². The number of likely N-dealkylation sites (N-methyl/N-ethyl adjacent to an activating group) is 1. The highest BCUT2D eigenvalue weighted by atomic mass is 32.1. The van der Waals surface area contributed by atoms with Crippen molar-refractivity contribution >= 4 is 28.7 Å². The summed E-state index contributed by atoms with van der Waals surface area (Å²) >= 11 is 1.65. The molecule has 1 fully saturated rings. The van der Waals surface area contributed by atoms with E-state index in [0.717, 1.165) is 48.0 Å². The number of methoxy groups -OCH3 is 1. The van der Waals surface area contributed by atoms with Crippen molar-refractivity contribution in [2.75, 3.05) is 44.8 Å². The summed E-state index contributed by atoms with van der Waals surface area (Å²) in [5, 5.41) is 9.70. The van der Waals surface area contributed by atoms with Gasteiger partial charge in [-0.25, -0.2) is 14.5 Å². The van der Waals surface area contributed by atoms with E-state index in [1.165, 1.54) is 0 Å². The maximum Gasteiger partial charge on any atom is 0.251 e. The zero-order chi connectivity index (χ0) is 26.6. The van der Waals surface area contributed by atoms with Crippen LogP contribution in [0.3, 0.4) is 0 Å². The van der Waals surface area contributed by atoms with Gasteiger partial charge >= 0.3 is 0 Å². The van der Waals surface area contributed by atoms with E-state index in [1.807, 2.05) is 35.8 Å². The Bertz CT molecular complexity index is 1380. The lowest BCUT2D eigenvalue weighted by Gasteiger charge is -2.41. The van der Waals surface area contributed by atoms with Crippen molar-refractivity contribution in [3.8, 4) is 21.8 Å². The summed E-state index contributed by atoms with van der Waals surface area (Å²) in [6.45, 7) is 10.4. The van der Waals surface area contributed by atoms with Crippen molar-refractivity contribution in [3.63, 3.8) is 0 Å². The van der Waals surface area contributed by atoms with E-state index in [1.54, 1.807) is 29.2 Å². The zero-order valence-electron chi connectivity index (χ0n) is 22.4. The number of carbonyl (C=O) groups excluding carboxylic acids is 1. The molecule has 1 saturated heterocycles. The van der Waals surface area contributed by atoms with Gasteiger partial charge in [0.2, 0.25) is 0 Å². The average Bonchev–Trinajstić information content (AvgIpc) is 3.60. The van der Waals surface area contributed by atoms with Crippen LogP contribution < -0.4 is 10.2 Å². The molecule has 0 bridgehead atoms. The van der Waals surface area contributed by atoms with Crippen molar-refractivity contribution in [1.82, 2.24) is 29.8 Å². The second-order valence-corrected chi connectivity index (χ2v) is 10.5. The largest absolute Gasteiger partial charge is 0.383 e. The molecule has 5 rings (SSSR count). The van der Waals surface area contributed by atoms with Crippen LogP contribution in [0.15, 0.2) is 48.1 Å². The van der Waals surface area contributed by atoms with Crippen molar-refractivity contribution in [1.29, 1.82) is 0 Å². The number of nitrogens with one attached hydrogen (secondary N) is 1. The van der Waals surface area contributed by atoms with Crippen molar-refractivity contribution < 1.29 is 9.53 Å². The van der Waals surface area contributed by atoms with Crippen LogP contribution in [0.4, 0.5) is 5.82 Å². The molecule has 1 aliphatic rings. The molecule has 38 heavy (non-hydrogen) atoms. The first-order chi connectivity index (χ1) is 18.5. The van der Waals surface area contributed by atoms with Crippen molar-refractivity contribution in [2.24, 2.45) is 0 Å². The predicted octanol–water partition coefficient (Wildman–Crippen LogP) is 4.21. The molecule has 9 nitrogen and oxygen atoms in total. The van der Waals surface area contributed by atoms with Gasteiger partial charge in [-0.15, -0.1) is 11.3 Å². The Hall–Kier alpha value is -3.34. The molecule has 1 N–H and O–H groups in total. The molecule has 1 aliphatic heterocycles. The fraction of sp³-hybridized carbons (Fsp3) is 0.429. The van der Waals surface area contributed by atoms with Gasteiger partial charge in [-0.3, -0.25) is 9.69 Å². The average molecular weight is 534 g/mol. The summed E-state index contributed by atoms with van der Waals surface area (Å²) in [4.78, 5) is 28.9. The lowest BCUT2D eigenvalue weighted by Crippen LogP contribution is -2.50. The highest BCUT2D eigenvalue weighted by Crippen LogP contribution is 2.31. The number of aromatic nitrogens is 4. The summed E-state index contributed by atoms with van der Waals surface area (Å²) in [6, 6.07) is 10.3. The summed E-state index contributed by atoms with van der Waals surface area (Å²) in [7, 11) is 1.71. The number of anilines is 1. The van der Waals surface area contributed by atoms with E-state index < -0.39 is 0 Å². The number of ether oxygens (including phenoxy) is 1. The van der Waals surface area contributed by atoms with E-state index in [-0.39, 0.29) is 18.0 Å². The van der Waals surface area contributed by atoms with Gasteiger partial charge in [-0.1, -0.05) is 19.9 Å². The number of nitrogens with zero attached hydrogens (tertiary/aromatic N) is 6. The highest BCUT2D eigenvalue weighted by Gasteiger charge is 2.30. The number of fused-ring (bicyclic) bond motifs is 1. The molecule has 0 aliphatic carbocycles. The van der Waals surface area contributed by atoms with Crippen LogP contribution >= 0.6 is 11.3 Å². The quantitative estimate of drug-likeness (QED) is 0.309. The van der Waals surface area contributed by atoms with Gasteiger partial charge in [0.1, 0.15) is 5.82 Å². The Kier molecular flexibility index (Phi) is 8.01. The predicted molar refractivity (Wildman–Crippen MR) is 152 cm³/mol. The monoisotopic (exact) mass is 533 g/mol. The maximum absolute atomic E-state index is 13.4. The van der Waals surface area contributed by atoms with E-state index in [2.05, 4.69) is 47.1 Å². The van der Waals surface area contributed by atoms with Crippen LogP contribution in [0.2, 0.25) is 0 Å². The molecule has 0 unspecified atom stereocenters. The molecule has 1 amide bonds. The van der Waals surface area contributed by atoms with Crippen LogP contribution in [0.1, 0.15) is 37.6 Å². The maximum atomic E-state index is 13.4. The first kappa shape index (κ1) is 26.3. The highest BCUT2D eigenvalue weighted by molar-refractivity contribution is 7.13. The second kappa shape index (κ2) is 11.6. The van der Waals surface area contributed by atoms with E-state index in [0.29, 0.717) is 30.1 Å². The molecular formula is C28H35N7O2S. The molecular weight excluding hydrogens is 498 g/mol. The first-order valence-electron chi connectivity index (χ1n) is 13.2. The molecule has 0 saturated carbocycles. The topological polar surface area (TPSA) is 87.9 Å². The third kappa shape index (κ3) is 5.29. The van der Waals surface area contributed by atoms with Crippen molar-refractivity contribution in [2.45, 2.75) is 39.3 Å². The third-order valence-electron chi connectivity index (χ3n) is 7.28. The fourth-order valence-electron chi connectivity index (χ4n) is 4.97. The molecule has 10 heteroatoms. The molecule has 4 aromatic rings. The van der Waals surface area contributed by atoms with Crippen LogP contribution in [0, 0.1) is 0 Å². The number of thiophene rings is 1. The Labute approximate surface area is 227 Å². The summed E-state index contributed by atoms with van der Waals surface area (Å²) in [5.41, 5.74) is 3.64. The second-order valence-electron chi connectivity index (χ2n) is 9.59. The minimum atomic E-state index is -0.110. The van der Waals surface area contributed by atoms with Crippen LogP contribution in [0.5, 0.6) is 0 Å². The fourth-order valence-corrected chi connectivity index (χ4v) is 5.67. The lowest BCUT2D eigenvalue weighted by atomic mass is 10.0. The number of pyridine rings is 1. The van der Waals surface area contributed by atoms with Gasteiger partial charge in [-0.05, 0) is 56.1 Å². The number of carbonyl (C=O) groups is 1. The first-order valence-corrected chi connectivity index (χ1v) is 14.1. The number of hydrogen-bond acceptors (Lipinski definition) is 8. The van der Waals surface area contributed by atoms with Crippen LogP contribution in [0.25, 0.3) is 27.5 Å². The van der Waals surface area contributed by atoms with Crippen LogP contribution in [-0.2, 0) is 4.74 Å². The lowest BCUT2D eigenvalue weighted by molar-refractivity contribution is 0.0938. The van der Waals surface area contributed by atoms with Gasteiger partial charge in [0, 0.05) is 38.0 Å². The summed E-state index contributed by atoms with van der Waals surface area (Å²) in [6.07, 6.45) is 4.72. The molecule has 0 radical (unpaired) electrons. The molecule has 0 aromatic carbocycles. The summed E-state index contributed by atoms with van der Waals surface area (Å²) in [5.74, 6) is 0.660. The Morgan fingerprint density at radius 2 is 2.08 bits per heavy atom.